The Morgan fingerprint density at radius 3 is 2.36 bits per heavy atom. The van der Waals surface area contributed by atoms with Crippen molar-refractivity contribution in [2.24, 2.45) is 0 Å². The van der Waals surface area contributed by atoms with Gasteiger partial charge in [0, 0.05) is 13.1 Å². The highest BCUT2D eigenvalue weighted by molar-refractivity contribution is 7.96. The maximum Gasteiger partial charge on any atom is 0.276 e. The number of hydrogen-bond donors (Lipinski definition) is 3. The molecule has 5 nitrogen and oxygen atoms in total. The van der Waals surface area contributed by atoms with E-state index in [-0.39, 0.29) is 18.6 Å². The first-order chi connectivity index (χ1) is 6.52. The van der Waals surface area contributed by atoms with Crippen molar-refractivity contribution in [2.45, 2.75) is 20.0 Å². The van der Waals surface area contributed by atoms with Crippen LogP contribution in [0.25, 0.3) is 0 Å². The number of ether oxygens (including phenoxy) is 1. The Bertz CT molecular complexity index is 197. The fourth-order valence-electron chi connectivity index (χ4n) is 0.665. The molecule has 0 aliphatic carbocycles. The van der Waals surface area contributed by atoms with Crippen molar-refractivity contribution in [3.63, 3.8) is 0 Å². The van der Waals surface area contributed by atoms with Crippen LogP contribution in [0.4, 0.5) is 4.79 Å². The zero-order valence-corrected chi connectivity index (χ0v) is 9.27. The molecule has 0 atom stereocenters. The zero-order chi connectivity index (χ0) is 11.0. The van der Waals surface area contributed by atoms with Crippen LogP contribution in [0.2, 0.25) is 0 Å². The van der Waals surface area contributed by atoms with Crippen molar-refractivity contribution in [1.82, 2.24) is 10.6 Å². The smallest absolute Gasteiger partial charge is 0.276 e. The number of carbonyl (C=O) groups is 2. The van der Waals surface area contributed by atoms with E-state index in [1.807, 2.05) is 13.8 Å². The minimum atomic E-state index is -0.405. The van der Waals surface area contributed by atoms with Crippen LogP contribution in [-0.4, -0.2) is 36.9 Å². The third-order valence-corrected chi connectivity index (χ3v) is 1.43. The first kappa shape index (κ1) is 13.2. The van der Waals surface area contributed by atoms with Gasteiger partial charge in [-0.3, -0.25) is 9.59 Å². The Morgan fingerprint density at radius 2 is 1.86 bits per heavy atom. The lowest BCUT2D eigenvalue weighted by molar-refractivity contribution is -0.127. The van der Waals surface area contributed by atoms with E-state index < -0.39 is 5.24 Å². The van der Waals surface area contributed by atoms with Gasteiger partial charge in [-0.05, 0) is 13.8 Å². The van der Waals surface area contributed by atoms with Crippen molar-refractivity contribution < 1.29 is 14.3 Å². The highest BCUT2D eigenvalue weighted by Crippen LogP contribution is 1.85. The second-order valence-corrected chi connectivity index (χ2v) is 3.35. The van der Waals surface area contributed by atoms with E-state index in [1.54, 1.807) is 0 Å². The van der Waals surface area contributed by atoms with Crippen LogP contribution < -0.4 is 10.6 Å². The summed E-state index contributed by atoms with van der Waals surface area (Å²) in [6.45, 7) is 4.51. The summed E-state index contributed by atoms with van der Waals surface area (Å²) >= 11 is 3.50. The van der Waals surface area contributed by atoms with Crippen LogP contribution >= 0.6 is 12.6 Å². The molecule has 0 radical (unpaired) electrons. The molecule has 0 aromatic rings. The fourth-order valence-corrected chi connectivity index (χ4v) is 0.777. The highest BCUT2D eigenvalue weighted by atomic mass is 32.1. The molecule has 0 bridgehead atoms. The summed E-state index contributed by atoms with van der Waals surface area (Å²) < 4.78 is 5.07. The Balaban J connectivity index is 3.31. The van der Waals surface area contributed by atoms with Gasteiger partial charge in [0.05, 0.1) is 6.10 Å². The molecule has 0 rings (SSSR count). The van der Waals surface area contributed by atoms with Crippen LogP contribution in [0.15, 0.2) is 0 Å². The van der Waals surface area contributed by atoms with Gasteiger partial charge >= 0.3 is 0 Å². The molecule has 0 aromatic carbocycles. The Hall–Kier alpha value is -0.750. The van der Waals surface area contributed by atoms with Crippen molar-refractivity contribution in [1.29, 1.82) is 0 Å². The molecule has 0 saturated carbocycles. The number of rotatable bonds is 6. The van der Waals surface area contributed by atoms with Crippen molar-refractivity contribution in [3.05, 3.63) is 0 Å². The minimum Gasteiger partial charge on any atom is -0.369 e. The average molecular weight is 220 g/mol. The maximum absolute atomic E-state index is 11.0. The molecule has 0 aliphatic heterocycles. The number of carbonyl (C=O) groups excluding carboxylic acids is 2. The quantitative estimate of drug-likeness (QED) is 0.441. The Morgan fingerprint density at radius 1 is 1.29 bits per heavy atom. The summed E-state index contributed by atoms with van der Waals surface area (Å²) in [5.74, 6) is -0.188. The van der Waals surface area contributed by atoms with Crippen molar-refractivity contribution in [2.75, 3.05) is 19.7 Å². The number of thiol groups is 1. The van der Waals surface area contributed by atoms with E-state index >= 15 is 0 Å². The molecule has 0 aliphatic rings. The van der Waals surface area contributed by atoms with Gasteiger partial charge in [0.25, 0.3) is 5.24 Å². The van der Waals surface area contributed by atoms with Gasteiger partial charge in [-0.2, -0.15) is 0 Å². The summed E-state index contributed by atoms with van der Waals surface area (Å²) in [5.41, 5.74) is 0. The molecule has 82 valence electrons. The normalized spacial score (nSPS) is 10.0. The second kappa shape index (κ2) is 7.64. The molecule has 0 heterocycles. The molecular formula is C8H16N2O3S. The summed E-state index contributed by atoms with van der Waals surface area (Å²) in [7, 11) is 0. The lowest BCUT2D eigenvalue weighted by Gasteiger charge is -2.08. The van der Waals surface area contributed by atoms with E-state index in [0.29, 0.717) is 13.1 Å². The van der Waals surface area contributed by atoms with E-state index in [1.165, 1.54) is 0 Å². The third kappa shape index (κ3) is 9.34. The van der Waals surface area contributed by atoms with E-state index in [2.05, 4.69) is 23.3 Å². The van der Waals surface area contributed by atoms with Gasteiger partial charge in [0.2, 0.25) is 5.91 Å². The molecule has 0 aromatic heterocycles. The van der Waals surface area contributed by atoms with Gasteiger partial charge in [-0.1, -0.05) is 12.6 Å². The van der Waals surface area contributed by atoms with Gasteiger partial charge in [-0.15, -0.1) is 0 Å². The number of hydrogen-bond acceptors (Lipinski definition) is 3. The summed E-state index contributed by atoms with van der Waals surface area (Å²) in [6, 6.07) is 0. The van der Waals surface area contributed by atoms with Crippen molar-refractivity contribution in [3.8, 4) is 0 Å². The van der Waals surface area contributed by atoms with Crippen LogP contribution in [0.5, 0.6) is 0 Å². The van der Waals surface area contributed by atoms with Crippen LogP contribution in [0.1, 0.15) is 13.8 Å². The minimum absolute atomic E-state index is 0.0397. The molecule has 0 spiro atoms. The highest BCUT2D eigenvalue weighted by Gasteiger charge is 2.01. The third-order valence-electron chi connectivity index (χ3n) is 1.27. The molecule has 14 heavy (non-hydrogen) atoms. The SMILES string of the molecule is CC(C)OCC(=O)NCCNC(=O)S. The topological polar surface area (TPSA) is 67.4 Å². The maximum atomic E-state index is 11.0. The average Bonchev–Trinajstić information content (AvgIpc) is 2.08. The standard InChI is InChI=1S/C8H16N2O3S/c1-6(2)13-5-7(11)9-3-4-10-8(12)14/h6H,3-5H2,1-2H3,(H,9,11)(H2,10,12,14). The van der Waals surface area contributed by atoms with Gasteiger partial charge in [0.1, 0.15) is 6.61 Å². The number of amides is 2. The van der Waals surface area contributed by atoms with Gasteiger partial charge in [-0.25, -0.2) is 0 Å². The predicted octanol–water partition coefficient (Wildman–Crippen LogP) is 0.167. The fraction of sp³-hybridized carbons (Fsp3) is 0.750. The second-order valence-electron chi connectivity index (χ2n) is 2.94. The van der Waals surface area contributed by atoms with Crippen LogP contribution in [0.3, 0.4) is 0 Å². The largest absolute Gasteiger partial charge is 0.369 e. The first-order valence-electron chi connectivity index (χ1n) is 4.37. The summed E-state index contributed by atoms with van der Waals surface area (Å²) in [4.78, 5) is 21.3. The van der Waals surface area contributed by atoms with Gasteiger partial charge in [0.15, 0.2) is 0 Å². The monoisotopic (exact) mass is 220 g/mol. The molecule has 2 N–H and O–H groups in total. The Kier molecular flexibility index (Phi) is 7.23. The first-order valence-corrected chi connectivity index (χ1v) is 4.82. The van der Waals surface area contributed by atoms with Crippen molar-refractivity contribution >= 4 is 23.8 Å². The molecule has 0 saturated heterocycles. The molecule has 6 heteroatoms. The summed E-state index contributed by atoms with van der Waals surface area (Å²) in [6.07, 6.45) is 0.0397. The van der Waals surface area contributed by atoms with E-state index in [0.717, 1.165) is 0 Å². The lowest BCUT2D eigenvalue weighted by Crippen LogP contribution is -2.35. The lowest BCUT2D eigenvalue weighted by atomic mass is 10.5. The zero-order valence-electron chi connectivity index (χ0n) is 8.37. The molecule has 0 unspecified atom stereocenters. The van der Waals surface area contributed by atoms with Crippen LogP contribution in [-0.2, 0) is 9.53 Å². The summed E-state index contributed by atoms with van der Waals surface area (Å²) in [5, 5.41) is 4.61. The number of nitrogens with one attached hydrogen (secondary N) is 2. The molecule has 0 fully saturated rings. The van der Waals surface area contributed by atoms with E-state index in [9.17, 15) is 9.59 Å². The van der Waals surface area contributed by atoms with Crippen LogP contribution in [0, 0.1) is 0 Å². The predicted molar refractivity (Wildman–Crippen MR) is 56.5 cm³/mol. The molecular weight excluding hydrogens is 204 g/mol. The van der Waals surface area contributed by atoms with Gasteiger partial charge < -0.3 is 15.4 Å². The Labute approximate surface area is 89.0 Å². The van der Waals surface area contributed by atoms with E-state index in [4.69, 9.17) is 4.74 Å². The molecule has 2 amide bonds.